The summed E-state index contributed by atoms with van der Waals surface area (Å²) in [4.78, 5) is 0. The summed E-state index contributed by atoms with van der Waals surface area (Å²) in [6.07, 6.45) is 4.05. The molecule has 0 aliphatic heterocycles. The van der Waals surface area contributed by atoms with Gasteiger partial charge in [-0.3, -0.25) is 0 Å². The summed E-state index contributed by atoms with van der Waals surface area (Å²) < 4.78 is 6.40. The van der Waals surface area contributed by atoms with E-state index in [1.807, 2.05) is 0 Å². The van der Waals surface area contributed by atoms with Crippen molar-refractivity contribution in [3.63, 3.8) is 0 Å². The molecule has 0 atom stereocenters. The van der Waals surface area contributed by atoms with Crippen molar-refractivity contribution in [1.29, 1.82) is 0 Å². The normalized spacial score (nSPS) is 12.4. The Morgan fingerprint density at radius 1 is 0.867 bits per heavy atom. The summed E-state index contributed by atoms with van der Waals surface area (Å²) in [6.45, 7) is 14.0. The average Bonchev–Trinajstić information content (AvgIpc) is 2.03. The molecule has 0 heterocycles. The molecule has 0 N–H and O–H groups in total. The first-order valence-corrected chi connectivity index (χ1v) is 12.3. The summed E-state index contributed by atoms with van der Waals surface area (Å²) in [7, 11) is -2.65. The summed E-state index contributed by atoms with van der Waals surface area (Å²) in [5.41, 5.74) is 0. The molecule has 0 amide bonds. The van der Waals surface area contributed by atoms with Crippen molar-refractivity contribution < 1.29 is 4.12 Å². The molecule has 0 fully saturated rings. The second-order valence-electron chi connectivity index (χ2n) is 5.43. The largest absolute Gasteiger partial charge is 0.456 e. The highest BCUT2D eigenvalue weighted by Crippen LogP contribution is 2.23. The standard InChI is InChI=1S/C11H28OSi2.HI/c1-7-9-10-11-14(5,6)12-13(3,4)8-2;/h7-11H2,1-6H3;1H. The molecule has 15 heavy (non-hydrogen) atoms. The van der Waals surface area contributed by atoms with Gasteiger partial charge in [-0.05, 0) is 38.3 Å². The van der Waals surface area contributed by atoms with Crippen LogP contribution in [0.1, 0.15) is 33.1 Å². The molecule has 0 radical (unpaired) electrons. The maximum absolute atomic E-state index is 6.40. The zero-order valence-electron chi connectivity index (χ0n) is 11.4. The zero-order chi connectivity index (χ0) is 11.2. The molecule has 0 saturated carbocycles. The van der Waals surface area contributed by atoms with E-state index in [1.54, 1.807) is 0 Å². The summed E-state index contributed by atoms with van der Waals surface area (Å²) in [6, 6.07) is 2.59. The highest BCUT2D eigenvalue weighted by molar-refractivity contribution is 14.0. The number of unbranched alkanes of at least 4 members (excludes halogenated alkanes) is 2. The van der Waals surface area contributed by atoms with Crippen LogP contribution >= 0.6 is 24.0 Å². The van der Waals surface area contributed by atoms with Gasteiger partial charge in [-0.15, -0.1) is 24.0 Å². The Balaban J connectivity index is 0. The molecule has 1 nitrogen and oxygen atoms in total. The van der Waals surface area contributed by atoms with Crippen LogP contribution in [-0.2, 0) is 4.12 Å². The van der Waals surface area contributed by atoms with Crippen LogP contribution in [0.2, 0.25) is 38.3 Å². The minimum Gasteiger partial charge on any atom is -0.456 e. The summed E-state index contributed by atoms with van der Waals surface area (Å²) >= 11 is 0. The molecule has 0 saturated heterocycles. The molecular weight excluding hydrogens is 331 g/mol. The fourth-order valence-electron chi connectivity index (χ4n) is 1.67. The number of hydrogen-bond donors (Lipinski definition) is 0. The Kier molecular flexibility index (Phi) is 10.2. The molecule has 0 rings (SSSR count). The third kappa shape index (κ3) is 10.0. The van der Waals surface area contributed by atoms with E-state index in [4.69, 9.17) is 4.12 Å². The Labute approximate surface area is 116 Å². The molecule has 0 spiro atoms. The molecule has 4 heteroatoms. The highest BCUT2D eigenvalue weighted by atomic mass is 127. The third-order valence-corrected chi connectivity index (χ3v) is 10.5. The molecule has 0 bridgehead atoms. The van der Waals surface area contributed by atoms with E-state index in [9.17, 15) is 0 Å². The lowest BCUT2D eigenvalue weighted by molar-refractivity contribution is 0.533. The van der Waals surface area contributed by atoms with Crippen molar-refractivity contribution in [3.05, 3.63) is 0 Å². The van der Waals surface area contributed by atoms with Gasteiger partial charge < -0.3 is 4.12 Å². The second kappa shape index (κ2) is 8.25. The van der Waals surface area contributed by atoms with Crippen LogP contribution in [-0.4, -0.2) is 16.6 Å². The zero-order valence-corrected chi connectivity index (χ0v) is 15.7. The highest BCUT2D eigenvalue weighted by Gasteiger charge is 2.30. The van der Waals surface area contributed by atoms with Crippen molar-refractivity contribution in [3.8, 4) is 0 Å². The average molecular weight is 360 g/mol. The van der Waals surface area contributed by atoms with Gasteiger partial charge in [0, 0.05) is 0 Å². The van der Waals surface area contributed by atoms with Gasteiger partial charge in [0.1, 0.15) is 0 Å². The number of halogens is 1. The van der Waals surface area contributed by atoms with Crippen LogP contribution in [0.25, 0.3) is 0 Å². The van der Waals surface area contributed by atoms with E-state index >= 15 is 0 Å². The van der Waals surface area contributed by atoms with Crippen molar-refractivity contribution in [1.82, 2.24) is 0 Å². The second-order valence-corrected chi connectivity index (χ2v) is 14.5. The lowest BCUT2D eigenvalue weighted by atomic mass is 10.3. The Morgan fingerprint density at radius 3 is 1.80 bits per heavy atom. The van der Waals surface area contributed by atoms with Crippen LogP contribution in [0.5, 0.6) is 0 Å². The minimum absolute atomic E-state index is 0. The van der Waals surface area contributed by atoms with E-state index < -0.39 is 16.6 Å². The van der Waals surface area contributed by atoms with E-state index in [0.717, 1.165) is 0 Å². The minimum atomic E-state index is -1.34. The Bertz CT molecular complexity index is 161. The van der Waals surface area contributed by atoms with Gasteiger partial charge in [0.2, 0.25) is 0 Å². The quantitative estimate of drug-likeness (QED) is 0.343. The fourth-order valence-corrected chi connectivity index (χ4v) is 9.74. The number of hydrogen-bond acceptors (Lipinski definition) is 1. The molecule has 0 aromatic heterocycles. The maximum Gasteiger partial charge on any atom is 0.173 e. The number of rotatable bonds is 7. The van der Waals surface area contributed by atoms with Gasteiger partial charge in [0.25, 0.3) is 0 Å². The van der Waals surface area contributed by atoms with Gasteiger partial charge in [0.05, 0.1) is 0 Å². The SMILES string of the molecule is CCCCC[Si](C)(C)O[Si](C)(C)CC.I. The van der Waals surface area contributed by atoms with Crippen LogP contribution in [0.3, 0.4) is 0 Å². The molecule has 0 unspecified atom stereocenters. The molecule has 0 aromatic carbocycles. The summed E-state index contributed by atoms with van der Waals surface area (Å²) in [5.74, 6) is 0. The van der Waals surface area contributed by atoms with Crippen molar-refractivity contribution in [2.75, 3.05) is 0 Å². The predicted molar refractivity (Wildman–Crippen MR) is 86.3 cm³/mol. The fraction of sp³-hybridized carbons (Fsp3) is 1.00. The topological polar surface area (TPSA) is 9.23 Å². The molecule has 0 aliphatic carbocycles. The van der Waals surface area contributed by atoms with Crippen LogP contribution in [0, 0.1) is 0 Å². The van der Waals surface area contributed by atoms with Crippen molar-refractivity contribution in [2.45, 2.75) is 71.4 Å². The smallest absolute Gasteiger partial charge is 0.173 e. The van der Waals surface area contributed by atoms with Crippen LogP contribution < -0.4 is 0 Å². The first-order chi connectivity index (χ1) is 6.33. The van der Waals surface area contributed by atoms with E-state index in [1.165, 1.54) is 31.4 Å². The van der Waals surface area contributed by atoms with Crippen molar-refractivity contribution in [2.24, 2.45) is 0 Å². The molecule has 0 aliphatic rings. The molecular formula is C11H29IOSi2. The van der Waals surface area contributed by atoms with E-state index in [-0.39, 0.29) is 24.0 Å². The predicted octanol–water partition coefficient (Wildman–Crippen LogP) is 5.24. The van der Waals surface area contributed by atoms with Gasteiger partial charge in [-0.25, -0.2) is 0 Å². The summed E-state index contributed by atoms with van der Waals surface area (Å²) in [5, 5.41) is 0. The first kappa shape index (κ1) is 18.5. The lowest BCUT2D eigenvalue weighted by Gasteiger charge is -2.33. The van der Waals surface area contributed by atoms with E-state index in [0.29, 0.717) is 0 Å². The Hall–Kier alpha value is 1.12. The van der Waals surface area contributed by atoms with Gasteiger partial charge in [-0.1, -0.05) is 33.1 Å². The van der Waals surface area contributed by atoms with Crippen LogP contribution in [0.15, 0.2) is 0 Å². The molecule has 94 valence electrons. The lowest BCUT2D eigenvalue weighted by Crippen LogP contribution is -2.43. The molecule has 0 aromatic rings. The van der Waals surface area contributed by atoms with Gasteiger partial charge >= 0.3 is 0 Å². The third-order valence-electron chi connectivity index (χ3n) is 2.79. The Morgan fingerprint density at radius 2 is 1.40 bits per heavy atom. The first-order valence-electron chi connectivity index (χ1n) is 6.03. The maximum atomic E-state index is 6.40. The monoisotopic (exact) mass is 360 g/mol. The van der Waals surface area contributed by atoms with Crippen LogP contribution in [0.4, 0.5) is 0 Å². The van der Waals surface area contributed by atoms with Gasteiger partial charge in [0.15, 0.2) is 16.6 Å². The van der Waals surface area contributed by atoms with Gasteiger partial charge in [-0.2, -0.15) is 0 Å². The van der Waals surface area contributed by atoms with Crippen molar-refractivity contribution >= 4 is 40.6 Å². The van der Waals surface area contributed by atoms with E-state index in [2.05, 4.69) is 40.0 Å².